The average Bonchev–Trinajstić information content (AvgIpc) is 2.96. The number of nitrogens with one attached hydrogen (secondary N) is 1. The molecule has 4 rings (SSSR count). The molecule has 1 amide bonds. The summed E-state index contributed by atoms with van der Waals surface area (Å²) in [4.78, 5) is 16.5. The van der Waals surface area contributed by atoms with Gasteiger partial charge in [0.05, 0.1) is 17.1 Å². The van der Waals surface area contributed by atoms with Crippen LogP contribution in [0, 0.1) is 5.92 Å². The number of rotatable bonds is 6. The van der Waals surface area contributed by atoms with Crippen LogP contribution < -0.4 is 11.1 Å². The van der Waals surface area contributed by atoms with Crippen LogP contribution in [0.5, 0.6) is 0 Å². The average molecular weight is 506 g/mol. The van der Waals surface area contributed by atoms with Crippen LogP contribution in [0.2, 0.25) is 5.02 Å². The number of aliphatic hydroxyl groups excluding tert-OH is 1. The molecular formula is C23H26BrClN4O2. The molecule has 0 radical (unpaired) electrons. The summed E-state index contributed by atoms with van der Waals surface area (Å²) in [7, 11) is 0. The first-order chi connectivity index (χ1) is 14.9. The third-order valence-corrected chi connectivity index (χ3v) is 6.98. The number of aliphatic hydroxyl groups is 1. The van der Waals surface area contributed by atoms with Gasteiger partial charge in [-0.05, 0) is 52.5 Å². The lowest BCUT2D eigenvalue weighted by molar-refractivity contribution is 0.0918. The summed E-state index contributed by atoms with van der Waals surface area (Å²) >= 11 is 9.93. The third kappa shape index (κ3) is 4.89. The number of nitrogens with zero attached hydrogens (tertiary/aromatic N) is 2. The normalized spacial score (nSPS) is 19.3. The summed E-state index contributed by atoms with van der Waals surface area (Å²) in [6.45, 7) is 1.15. The quantitative estimate of drug-likeness (QED) is 0.406. The van der Waals surface area contributed by atoms with Gasteiger partial charge < -0.3 is 20.7 Å². The highest BCUT2D eigenvalue weighted by Crippen LogP contribution is 2.33. The van der Waals surface area contributed by atoms with Gasteiger partial charge in [-0.15, -0.1) is 0 Å². The number of benzene rings is 2. The molecule has 8 heteroatoms. The van der Waals surface area contributed by atoms with E-state index < -0.39 is 5.91 Å². The molecule has 0 saturated heterocycles. The van der Waals surface area contributed by atoms with Crippen LogP contribution in [-0.2, 0) is 13.1 Å². The van der Waals surface area contributed by atoms with Crippen molar-refractivity contribution in [3.8, 4) is 0 Å². The van der Waals surface area contributed by atoms with Crippen LogP contribution in [0.25, 0.3) is 11.0 Å². The molecule has 3 aromatic rings. The number of imidazole rings is 1. The van der Waals surface area contributed by atoms with E-state index in [0.29, 0.717) is 35.1 Å². The minimum Gasteiger partial charge on any atom is -0.393 e. The van der Waals surface area contributed by atoms with Crippen molar-refractivity contribution in [1.82, 2.24) is 9.55 Å². The fraction of sp³-hybridized carbons (Fsp3) is 0.391. The summed E-state index contributed by atoms with van der Waals surface area (Å²) in [6.07, 6.45) is 4.80. The van der Waals surface area contributed by atoms with E-state index in [2.05, 4.69) is 25.8 Å². The monoisotopic (exact) mass is 504 g/mol. The second-order valence-electron chi connectivity index (χ2n) is 8.15. The molecule has 0 bridgehead atoms. The molecule has 2 aromatic carbocycles. The molecule has 6 nitrogen and oxygen atoms in total. The maximum Gasteiger partial charge on any atom is 0.248 e. The Morgan fingerprint density at radius 1 is 1.26 bits per heavy atom. The molecule has 1 saturated carbocycles. The van der Waals surface area contributed by atoms with Crippen molar-refractivity contribution in [2.24, 2.45) is 11.7 Å². The number of fused-ring (bicyclic) bond motifs is 1. The maximum absolute atomic E-state index is 11.7. The second-order valence-corrected chi connectivity index (χ2v) is 9.41. The van der Waals surface area contributed by atoms with Gasteiger partial charge in [0.15, 0.2) is 0 Å². The van der Waals surface area contributed by atoms with Gasteiger partial charge in [-0.1, -0.05) is 49.1 Å². The zero-order valence-electron chi connectivity index (χ0n) is 17.2. The van der Waals surface area contributed by atoms with Gasteiger partial charge in [0.2, 0.25) is 11.9 Å². The summed E-state index contributed by atoms with van der Waals surface area (Å²) in [5.74, 6) is 0.319. The Labute approximate surface area is 194 Å². The van der Waals surface area contributed by atoms with Gasteiger partial charge in [0.1, 0.15) is 0 Å². The predicted molar refractivity (Wildman–Crippen MR) is 127 cm³/mol. The number of carbonyl (C=O) groups excluding carboxylic acids is 1. The van der Waals surface area contributed by atoms with Gasteiger partial charge in [-0.25, -0.2) is 4.98 Å². The molecule has 1 aromatic heterocycles. The fourth-order valence-electron chi connectivity index (χ4n) is 4.30. The van der Waals surface area contributed by atoms with Crippen LogP contribution in [-0.4, -0.2) is 26.7 Å². The van der Waals surface area contributed by atoms with Gasteiger partial charge in [-0.3, -0.25) is 4.79 Å². The molecule has 2 atom stereocenters. The molecule has 0 unspecified atom stereocenters. The zero-order chi connectivity index (χ0) is 22.0. The first kappa shape index (κ1) is 22.1. The zero-order valence-corrected chi connectivity index (χ0v) is 19.5. The molecule has 164 valence electrons. The van der Waals surface area contributed by atoms with Crippen LogP contribution in [0.4, 0.5) is 5.95 Å². The van der Waals surface area contributed by atoms with E-state index in [1.165, 1.54) is 0 Å². The van der Waals surface area contributed by atoms with Crippen molar-refractivity contribution in [1.29, 1.82) is 0 Å². The fourth-order valence-corrected chi connectivity index (χ4v) is 5.17. The van der Waals surface area contributed by atoms with Gasteiger partial charge in [0.25, 0.3) is 0 Å². The molecule has 4 N–H and O–H groups in total. The van der Waals surface area contributed by atoms with E-state index in [0.717, 1.165) is 47.7 Å². The molecule has 1 fully saturated rings. The smallest absolute Gasteiger partial charge is 0.248 e. The van der Waals surface area contributed by atoms with E-state index >= 15 is 0 Å². The second kappa shape index (κ2) is 9.59. The van der Waals surface area contributed by atoms with Crippen molar-refractivity contribution in [3.05, 3.63) is 57.0 Å². The number of halogens is 2. The predicted octanol–water partition coefficient (Wildman–Crippen LogP) is 5.10. The number of amides is 1. The number of carbonyl (C=O) groups is 1. The number of anilines is 1. The van der Waals surface area contributed by atoms with Crippen LogP contribution >= 0.6 is 27.5 Å². The van der Waals surface area contributed by atoms with Crippen molar-refractivity contribution in [2.45, 2.75) is 51.3 Å². The lowest BCUT2D eigenvalue weighted by atomic mass is 9.97. The SMILES string of the molecule is NC(=O)c1cc(Br)c2c(c1)nc(NCc1ccccc1Cl)n2C[C@H]1CCCCC[C@H]1O. The number of nitrogens with two attached hydrogens (primary N) is 1. The number of hydrogen-bond acceptors (Lipinski definition) is 4. The molecule has 1 aliphatic carbocycles. The molecule has 31 heavy (non-hydrogen) atoms. The highest BCUT2D eigenvalue weighted by Gasteiger charge is 2.25. The number of aromatic nitrogens is 2. The first-order valence-corrected chi connectivity index (χ1v) is 11.8. The molecule has 1 aliphatic rings. The lowest BCUT2D eigenvalue weighted by Gasteiger charge is -2.23. The summed E-state index contributed by atoms with van der Waals surface area (Å²) < 4.78 is 2.85. The van der Waals surface area contributed by atoms with Crippen molar-refractivity contribution in [2.75, 3.05) is 5.32 Å². The summed E-state index contributed by atoms with van der Waals surface area (Å²) in [5, 5.41) is 14.8. The highest BCUT2D eigenvalue weighted by atomic mass is 79.9. The highest BCUT2D eigenvalue weighted by molar-refractivity contribution is 9.10. The largest absolute Gasteiger partial charge is 0.393 e. The van der Waals surface area contributed by atoms with E-state index in [4.69, 9.17) is 22.3 Å². The molecule has 0 spiro atoms. The van der Waals surface area contributed by atoms with E-state index in [9.17, 15) is 9.90 Å². The molecule has 1 heterocycles. The van der Waals surface area contributed by atoms with E-state index in [1.54, 1.807) is 12.1 Å². The lowest BCUT2D eigenvalue weighted by Crippen LogP contribution is -2.24. The van der Waals surface area contributed by atoms with E-state index in [-0.39, 0.29) is 12.0 Å². The molecular weight excluding hydrogens is 480 g/mol. The minimum atomic E-state index is -0.498. The topological polar surface area (TPSA) is 93.2 Å². The Morgan fingerprint density at radius 2 is 2.03 bits per heavy atom. The third-order valence-electron chi connectivity index (χ3n) is 6.01. The first-order valence-electron chi connectivity index (χ1n) is 10.6. The maximum atomic E-state index is 11.7. The van der Waals surface area contributed by atoms with Crippen LogP contribution in [0.3, 0.4) is 0 Å². The Balaban J connectivity index is 1.73. The van der Waals surface area contributed by atoms with Crippen LogP contribution in [0.15, 0.2) is 40.9 Å². The van der Waals surface area contributed by atoms with Crippen molar-refractivity contribution < 1.29 is 9.90 Å². The van der Waals surface area contributed by atoms with Crippen LogP contribution in [0.1, 0.15) is 48.0 Å². The van der Waals surface area contributed by atoms with Crippen molar-refractivity contribution in [3.63, 3.8) is 0 Å². The van der Waals surface area contributed by atoms with E-state index in [1.807, 2.05) is 24.3 Å². The Hall–Kier alpha value is -2.09. The van der Waals surface area contributed by atoms with Gasteiger partial charge >= 0.3 is 0 Å². The Morgan fingerprint density at radius 3 is 2.81 bits per heavy atom. The van der Waals surface area contributed by atoms with Crippen molar-refractivity contribution >= 4 is 50.4 Å². The summed E-state index contributed by atoms with van der Waals surface area (Å²) in [6, 6.07) is 11.1. The Bertz CT molecular complexity index is 1100. The summed E-state index contributed by atoms with van der Waals surface area (Å²) in [5.41, 5.74) is 8.42. The number of primary amides is 1. The van der Waals surface area contributed by atoms with Gasteiger partial charge in [0, 0.05) is 34.1 Å². The number of hydrogen-bond donors (Lipinski definition) is 3. The Kier molecular flexibility index (Phi) is 6.84. The molecule has 0 aliphatic heterocycles. The standard InChI is InChI=1S/C23H26BrClN4O2/c24-17-10-16(22(26)31)11-19-21(17)29(13-15-7-2-1-3-9-20(15)30)23(28-19)27-12-14-6-4-5-8-18(14)25/h4-6,8,10-11,15,20,30H,1-3,7,9,12-13H2,(H2,26,31)(H,27,28)/t15-,20-/m1/s1. The van der Waals surface area contributed by atoms with Gasteiger partial charge in [-0.2, -0.15) is 0 Å². The minimum absolute atomic E-state index is 0.142.